The first-order valence-electron chi connectivity index (χ1n) is 7.06. The van der Waals surface area contributed by atoms with E-state index in [9.17, 15) is 9.18 Å². The molecule has 0 saturated heterocycles. The SMILES string of the molecule is O=C(CSc1ncc(-c2ccc(F)cc2)[nH]1)Nc1ncc(Cl)cc1Cl. The quantitative estimate of drug-likeness (QED) is 0.615. The van der Waals surface area contributed by atoms with Crippen LogP contribution in [0.4, 0.5) is 10.2 Å². The first-order valence-corrected chi connectivity index (χ1v) is 8.80. The molecule has 2 N–H and O–H groups in total. The molecule has 2 heterocycles. The van der Waals surface area contributed by atoms with Gasteiger partial charge in [0.25, 0.3) is 0 Å². The number of amides is 1. The van der Waals surface area contributed by atoms with Gasteiger partial charge in [-0.15, -0.1) is 0 Å². The van der Waals surface area contributed by atoms with E-state index in [4.69, 9.17) is 23.2 Å². The number of hydrogen-bond acceptors (Lipinski definition) is 4. The number of aromatic amines is 1. The molecule has 128 valence electrons. The number of imidazole rings is 1. The Morgan fingerprint density at radius 3 is 2.68 bits per heavy atom. The van der Waals surface area contributed by atoms with Crippen LogP contribution in [0.2, 0.25) is 10.0 Å². The Hall–Kier alpha value is -2.09. The number of thioether (sulfide) groups is 1. The van der Waals surface area contributed by atoms with E-state index < -0.39 is 0 Å². The van der Waals surface area contributed by atoms with E-state index in [1.54, 1.807) is 18.3 Å². The molecule has 1 amide bonds. The second-order valence-electron chi connectivity index (χ2n) is 4.93. The number of nitrogens with one attached hydrogen (secondary N) is 2. The third-order valence-corrected chi connectivity index (χ3v) is 4.50. The first-order chi connectivity index (χ1) is 12.0. The van der Waals surface area contributed by atoms with Crippen molar-refractivity contribution in [1.82, 2.24) is 15.0 Å². The van der Waals surface area contributed by atoms with Crippen molar-refractivity contribution in [2.24, 2.45) is 0 Å². The highest BCUT2D eigenvalue weighted by Crippen LogP contribution is 2.24. The zero-order valence-corrected chi connectivity index (χ0v) is 14.9. The Labute approximate surface area is 157 Å². The molecule has 0 saturated carbocycles. The molecule has 0 radical (unpaired) electrons. The lowest BCUT2D eigenvalue weighted by molar-refractivity contribution is -0.113. The maximum absolute atomic E-state index is 13.0. The van der Waals surface area contributed by atoms with Gasteiger partial charge in [0.2, 0.25) is 5.91 Å². The van der Waals surface area contributed by atoms with E-state index in [1.807, 2.05) is 0 Å². The lowest BCUT2D eigenvalue weighted by atomic mass is 10.2. The summed E-state index contributed by atoms with van der Waals surface area (Å²) in [5.74, 6) is -0.203. The molecule has 3 aromatic rings. The smallest absolute Gasteiger partial charge is 0.236 e. The summed E-state index contributed by atoms with van der Waals surface area (Å²) < 4.78 is 13.0. The molecule has 0 aliphatic rings. The third-order valence-electron chi connectivity index (χ3n) is 3.11. The number of nitrogens with zero attached hydrogens (tertiary/aromatic N) is 2. The Kier molecular flexibility index (Phi) is 5.57. The highest BCUT2D eigenvalue weighted by molar-refractivity contribution is 7.99. The van der Waals surface area contributed by atoms with Gasteiger partial charge in [-0.05, 0) is 35.9 Å². The fraction of sp³-hybridized carbons (Fsp3) is 0.0625. The minimum atomic E-state index is -0.302. The number of carbonyl (C=O) groups is 1. The molecule has 2 aromatic heterocycles. The summed E-state index contributed by atoms with van der Waals surface area (Å²) in [7, 11) is 0. The normalized spacial score (nSPS) is 10.7. The van der Waals surface area contributed by atoms with E-state index >= 15 is 0 Å². The number of benzene rings is 1. The summed E-state index contributed by atoms with van der Waals surface area (Å²) >= 11 is 12.9. The van der Waals surface area contributed by atoms with Gasteiger partial charge in [0.1, 0.15) is 5.82 Å². The van der Waals surface area contributed by atoms with Gasteiger partial charge in [-0.3, -0.25) is 4.79 Å². The van der Waals surface area contributed by atoms with Gasteiger partial charge in [-0.2, -0.15) is 0 Å². The average Bonchev–Trinajstić information content (AvgIpc) is 3.05. The Morgan fingerprint density at radius 1 is 1.20 bits per heavy atom. The number of rotatable bonds is 5. The minimum Gasteiger partial charge on any atom is -0.333 e. The highest BCUT2D eigenvalue weighted by atomic mass is 35.5. The van der Waals surface area contributed by atoms with Gasteiger partial charge in [0.05, 0.1) is 27.7 Å². The maximum atomic E-state index is 13.0. The molecule has 9 heteroatoms. The van der Waals surface area contributed by atoms with Gasteiger partial charge in [0.15, 0.2) is 11.0 Å². The molecular formula is C16H11Cl2FN4OS. The number of H-pyrrole nitrogens is 1. The van der Waals surface area contributed by atoms with Crippen LogP contribution in [0.25, 0.3) is 11.3 Å². The molecule has 25 heavy (non-hydrogen) atoms. The zero-order chi connectivity index (χ0) is 17.8. The van der Waals surface area contributed by atoms with Gasteiger partial charge in [-0.25, -0.2) is 14.4 Å². The standard InChI is InChI=1S/C16H11Cl2FN4OS/c17-10-5-12(18)15(20-6-10)23-14(24)8-25-16-21-7-13(22-16)9-1-3-11(19)4-2-9/h1-7H,8H2,(H,21,22)(H,20,23,24). The predicted molar refractivity (Wildman–Crippen MR) is 97.6 cm³/mol. The lowest BCUT2D eigenvalue weighted by Crippen LogP contribution is -2.15. The summed E-state index contributed by atoms with van der Waals surface area (Å²) in [4.78, 5) is 23.2. The molecule has 0 aliphatic carbocycles. The van der Waals surface area contributed by atoms with Crippen LogP contribution in [0.1, 0.15) is 0 Å². The number of pyridine rings is 1. The van der Waals surface area contributed by atoms with E-state index in [0.29, 0.717) is 10.2 Å². The van der Waals surface area contributed by atoms with Crippen LogP contribution in [0.15, 0.2) is 47.9 Å². The molecular weight excluding hydrogens is 386 g/mol. The average molecular weight is 397 g/mol. The second kappa shape index (κ2) is 7.86. The van der Waals surface area contributed by atoms with Crippen molar-refractivity contribution in [2.75, 3.05) is 11.1 Å². The fourth-order valence-electron chi connectivity index (χ4n) is 1.96. The molecule has 1 aromatic carbocycles. The molecule has 0 bridgehead atoms. The third kappa shape index (κ3) is 4.72. The van der Waals surface area contributed by atoms with Crippen LogP contribution in [0.5, 0.6) is 0 Å². The molecule has 0 aliphatic heterocycles. The zero-order valence-electron chi connectivity index (χ0n) is 12.6. The molecule has 5 nitrogen and oxygen atoms in total. The monoisotopic (exact) mass is 396 g/mol. The van der Waals surface area contributed by atoms with Crippen LogP contribution in [0, 0.1) is 5.82 Å². The van der Waals surface area contributed by atoms with Crippen molar-refractivity contribution in [3.05, 3.63) is 58.6 Å². The highest BCUT2D eigenvalue weighted by Gasteiger charge is 2.10. The van der Waals surface area contributed by atoms with Crippen molar-refractivity contribution in [2.45, 2.75) is 5.16 Å². The Balaban J connectivity index is 1.58. The van der Waals surface area contributed by atoms with E-state index in [-0.39, 0.29) is 28.3 Å². The minimum absolute atomic E-state index is 0.122. The summed E-state index contributed by atoms with van der Waals surface area (Å²) in [5, 5.41) is 3.84. The number of halogens is 3. The summed E-state index contributed by atoms with van der Waals surface area (Å²) in [6, 6.07) is 7.55. The van der Waals surface area contributed by atoms with Crippen molar-refractivity contribution >= 4 is 46.7 Å². The topological polar surface area (TPSA) is 70.7 Å². The number of carbonyl (C=O) groups excluding carboxylic acids is 1. The molecule has 0 atom stereocenters. The van der Waals surface area contributed by atoms with Crippen molar-refractivity contribution < 1.29 is 9.18 Å². The Morgan fingerprint density at radius 2 is 1.96 bits per heavy atom. The van der Waals surface area contributed by atoms with E-state index in [2.05, 4.69) is 20.3 Å². The van der Waals surface area contributed by atoms with Crippen molar-refractivity contribution in [3.8, 4) is 11.3 Å². The van der Waals surface area contributed by atoms with Crippen molar-refractivity contribution in [1.29, 1.82) is 0 Å². The fourth-order valence-corrected chi connectivity index (χ4v) is 3.04. The van der Waals surface area contributed by atoms with Gasteiger partial charge >= 0.3 is 0 Å². The molecule has 0 fully saturated rings. The van der Waals surface area contributed by atoms with Crippen LogP contribution >= 0.6 is 35.0 Å². The lowest BCUT2D eigenvalue weighted by Gasteiger charge is -2.05. The molecule has 0 spiro atoms. The van der Waals surface area contributed by atoms with E-state index in [1.165, 1.54) is 36.2 Å². The van der Waals surface area contributed by atoms with Crippen LogP contribution < -0.4 is 5.32 Å². The number of aromatic nitrogens is 3. The summed E-state index contributed by atoms with van der Waals surface area (Å²) in [5.41, 5.74) is 1.55. The molecule has 3 rings (SSSR count). The number of hydrogen-bond donors (Lipinski definition) is 2. The van der Waals surface area contributed by atoms with Gasteiger partial charge in [0, 0.05) is 6.20 Å². The van der Waals surface area contributed by atoms with Crippen LogP contribution in [0.3, 0.4) is 0 Å². The maximum Gasteiger partial charge on any atom is 0.236 e. The number of anilines is 1. The Bertz CT molecular complexity index is 901. The molecule has 0 unspecified atom stereocenters. The first kappa shape index (κ1) is 17.7. The van der Waals surface area contributed by atoms with Crippen LogP contribution in [-0.2, 0) is 4.79 Å². The van der Waals surface area contributed by atoms with Crippen molar-refractivity contribution in [3.63, 3.8) is 0 Å². The predicted octanol–water partition coefficient (Wildman–Crippen LogP) is 4.65. The van der Waals surface area contributed by atoms with E-state index in [0.717, 1.165) is 11.3 Å². The van der Waals surface area contributed by atoms with Crippen LogP contribution in [-0.4, -0.2) is 26.6 Å². The summed E-state index contributed by atoms with van der Waals surface area (Å²) in [6.07, 6.45) is 3.03. The van der Waals surface area contributed by atoms with Gasteiger partial charge < -0.3 is 10.3 Å². The largest absolute Gasteiger partial charge is 0.333 e. The second-order valence-corrected chi connectivity index (χ2v) is 6.74. The van der Waals surface area contributed by atoms with Gasteiger partial charge in [-0.1, -0.05) is 35.0 Å². The summed E-state index contributed by atoms with van der Waals surface area (Å²) in [6.45, 7) is 0.